The van der Waals surface area contributed by atoms with Crippen molar-refractivity contribution in [2.75, 3.05) is 6.54 Å². The van der Waals surface area contributed by atoms with Gasteiger partial charge in [-0.3, -0.25) is 0 Å². The molecule has 0 spiro atoms. The summed E-state index contributed by atoms with van der Waals surface area (Å²) < 4.78 is 39.9. The predicted molar refractivity (Wildman–Crippen MR) is 81.1 cm³/mol. The lowest BCUT2D eigenvalue weighted by atomic mass is 9.95. The van der Waals surface area contributed by atoms with Crippen LogP contribution < -0.4 is 10.5 Å². The number of benzene rings is 1. The molecule has 0 aromatic heterocycles. The molecule has 0 atom stereocenters. The summed E-state index contributed by atoms with van der Waals surface area (Å²) in [5.74, 6) is -0.573. The molecular weight excluding hydrogens is 303 g/mol. The second-order valence-corrected chi connectivity index (χ2v) is 6.54. The van der Waals surface area contributed by atoms with Crippen molar-refractivity contribution in [1.29, 1.82) is 0 Å². The van der Waals surface area contributed by atoms with E-state index in [4.69, 9.17) is 5.73 Å². The van der Waals surface area contributed by atoms with Crippen LogP contribution in [0, 0.1) is 12.7 Å². The van der Waals surface area contributed by atoms with E-state index < -0.39 is 21.4 Å². The molecule has 116 valence electrons. The van der Waals surface area contributed by atoms with Crippen molar-refractivity contribution >= 4 is 22.4 Å². The van der Waals surface area contributed by atoms with Crippen LogP contribution in [-0.2, 0) is 10.0 Å². The molecule has 0 amide bonds. The zero-order valence-electron chi connectivity index (χ0n) is 11.9. The number of halogens is 2. The molecule has 7 heteroatoms. The minimum absolute atomic E-state index is 0. The number of hydrogen-bond donors (Lipinski definition) is 2. The van der Waals surface area contributed by atoms with Gasteiger partial charge in [-0.2, -0.15) is 0 Å². The lowest BCUT2D eigenvalue weighted by Gasteiger charge is -2.26. The van der Waals surface area contributed by atoms with Gasteiger partial charge in [0.05, 0.1) is 4.90 Å². The Bertz CT molecular complexity index is 545. The number of nitrogens with two attached hydrogens (primary N) is 1. The zero-order chi connectivity index (χ0) is 14.7. The van der Waals surface area contributed by atoms with Crippen LogP contribution in [0.5, 0.6) is 0 Å². The van der Waals surface area contributed by atoms with Gasteiger partial charge >= 0.3 is 0 Å². The normalized spacial score (nSPS) is 12.1. The standard InChI is InChI=1S/C13H21FN2O2S.ClH/c1-4-13(15,5-2)9-16-19(17,18)12-8-11(14)7-6-10(12)3;/h6-8,16H,4-5,9,15H2,1-3H3;1H. The van der Waals surface area contributed by atoms with Crippen molar-refractivity contribution < 1.29 is 12.8 Å². The summed E-state index contributed by atoms with van der Waals surface area (Å²) >= 11 is 0. The second-order valence-electron chi connectivity index (χ2n) is 4.80. The third-order valence-electron chi connectivity index (χ3n) is 3.46. The van der Waals surface area contributed by atoms with Crippen molar-refractivity contribution in [3.8, 4) is 0 Å². The molecule has 0 bridgehead atoms. The van der Waals surface area contributed by atoms with Gasteiger partial charge < -0.3 is 5.73 Å². The maximum atomic E-state index is 13.2. The van der Waals surface area contributed by atoms with E-state index >= 15 is 0 Å². The van der Waals surface area contributed by atoms with Crippen LogP contribution in [0.3, 0.4) is 0 Å². The molecule has 0 aliphatic rings. The molecule has 0 saturated heterocycles. The molecule has 0 fully saturated rings. The monoisotopic (exact) mass is 324 g/mol. The first-order valence-corrected chi connectivity index (χ1v) is 7.77. The molecule has 1 aromatic rings. The highest BCUT2D eigenvalue weighted by atomic mass is 35.5. The molecule has 0 heterocycles. The average molecular weight is 325 g/mol. The van der Waals surface area contributed by atoms with Crippen LogP contribution in [-0.4, -0.2) is 20.5 Å². The first-order chi connectivity index (χ1) is 8.74. The number of aryl methyl sites for hydroxylation is 1. The van der Waals surface area contributed by atoms with E-state index in [0.29, 0.717) is 18.4 Å². The van der Waals surface area contributed by atoms with Crippen LogP contribution >= 0.6 is 12.4 Å². The second kappa shape index (κ2) is 7.36. The predicted octanol–water partition coefficient (Wildman–Crippen LogP) is 2.35. The molecular formula is C13H22ClFN2O2S. The minimum Gasteiger partial charge on any atom is -0.324 e. The van der Waals surface area contributed by atoms with Crippen molar-refractivity contribution in [2.24, 2.45) is 5.73 Å². The fourth-order valence-electron chi connectivity index (χ4n) is 1.68. The van der Waals surface area contributed by atoms with Gasteiger partial charge in [-0.05, 0) is 37.5 Å². The molecule has 0 radical (unpaired) electrons. The van der Waals surface area contributed by atoms with Crippen LogP contribution in [0.2, 0.25) is 0 Å². The van der Waals surface area contributed by atoms with Gasteiger partial charge in [0.1, 0.15) is 5.82 Å². The van der Waals surface area contributed by atoms with E-state index in [1.54, 1.807) is 6.92 Å². The number of sulfonamides is 1. The maximum absolute atomic E-state index is 13.2. The lowest BCUT2D eigenvalue weighted by Crippen LogP contribution is -2.49. The first kappa shape index (κ1) is 19.3. The number of nitrogens with one attached hydrogen (secondary N) is 1. The highest BCUT2D eigenvalue weighted by Crippen LogP contribution is 2.17. The summed E-state index contributed by atoms with van der Waals surface area (Å²) in [4.78, 5) is -0.0398. The van der Waals surface area contributed by atoms with Crippen LogP contribution in [0.25, 0.3) is 0 Å². The molecule has 0 saturated carbocycles. The molecule has 0 aliphatic heterocycles. The summed E-state index contributed by atoms with van der Waals surface area (Å²) in [7, 11) is -3.74. The fourth-order valence-corrected chi connectivity index (χ4v) is 3.07. The van der Waals surface area contributed by atoms with Gasteiger partial charge in [-0.25, -0.2) is 17.5 Å². The van der Waals surface area contributed by atoms with Crippen LogP contribution in [0.4, 0.5) is 4.39 Å². The summed E-state index contributed by atoms with van der Waals surface area (Å²) in [6, 6.07) is 3.70. The Kier molecular flexibility index (Phi) is 7.10. The lowest BCUT2D eigenvalue weighted by molar-refractivity contribution is 0.391. The molecule has 1 aromatic carbocycles. The summed E-state index contributed by atoms with van der Waals surface area (Å²) in [5.41, 5.74) is 5.98. The topological polar surface area (TPSA) is 72.2 Å². The van der Waals surface area contributed by atoms with Crippen LogP contribution in [0.15, 0.2) is 23.1 Å². The summed E-state index contributed by atoms with van der Waals surface area (Å²) in [5, 5.41) is 0. The van der Waals surface area contributed by atoms with E-state index in [2.05, 4.69) is 4.72 Å². The van der Waals surface area contributed by atoms with Crippen molar-refractivity contribution in [2.45, 2.75) is 44.0 Å². The third kappa shape index (κ3) is 4.70. The Morgan fingerprint density at radius 1 is 1.30 bits per heavy atom. The quantitative estimate of drug-likeness (QED) is 0.843. The summed E-state index contributed by atoms with van der Waals surface area (Å²) in [6.45, 7) is 5.58. The fraction of sp³-hybridized carbons (Fsp3) is 0.538. The van der Waals surface area contributed by atoms with E-state index in [9.17, 15) is 12.8 Å². The maximum Gasteiger partial charge on any atom is 0.240 e. The Morgan fingerprint density at radius 2 is 1.85 bits per heavy atom. The molecule has 0 unspecified atom stereocenters. The highest BCUT2D eigenvalue weighted by molar-refractivity contribution is 7.89. The van der Waals surface area contributed by atoms with Crippen molar-refractivity contribution in [3.05, 3.63) is 29.6 Å². The van der Waals surface area contributed by atoms with Crippen molar-refractivity contribution in [3.63, 3.8) is 0 Å². The van der Waals surface area contributed by atoms with E-state index in [0.717, 1.165) is 6.07 Å². The highest BCUT2D eigenvalue weighted by Gasteiger charge is 2.25. The SMILES string of the molecule is CCC(N)(CC)CNS(=O)(=O)c1cc(F)ccc1C.Cl. The zero-order valence-corrected chi connectivity index (χ0v) is 13.6. The molecule has 0 aliphatic carbocycles. The van der Waals surface area contributed by atoms with Gasteiger partial charge in [-0.1, -0.05) is 19.9 Å². The van der Waals surface area contributed by atoms with Crippen molar-refractivity contribution in [1.82, 2.24) is 4.72 Å². The molecule has 1 rings (SSSR count). The van der Waals surface area contributed by atoms with Gasteiger partial charge in [-0.15, -0.1) is 12.4 Å². The van der Waals surface area contributed by atoms with Gasteiger partial charge in [0, 0.05) is 12.1 Å². The molecule has 20 heavy (non-hydrogen) atoms. The van der Waals surface area contributed by atoms with Gasteiger partial charge in [0.2, 0.25) is 10.0 Å². The molecule has 3 N–H and O–H groups in total. The number of hydrogen-bond acceptors (Lipinski definition) is 3. The largest absolute Gasteiger partial charge is 0.324 e. The Morgan fingerprint density at radius 3 is 2.35 bits per heavy atom. The summed E-state index contributed by atoms with van der Waals surface area (Å²) in [6.07, 6.45) is 1.32. The Labute approximate surface area is 126 Å². The smallest absolute Gasteiger partial charge is 0.240 e. The Hall–Kier alpha value is -0.690. The third-order valence-corrected chi connectivity index (χ3v) is 5.01. The average Bonchev–Trinajstić information content (AvgIpc) is 2.39. The first-order valence-electron chi connectivity index (χ1n) is 6.29. The van der Waals surface area contributed by atoms with Gasteiger partial charge in [0.15, 0.2) is 0 Å². The van der Waals surface area contributed by atoms with E-state index in [-0.39, 0.29) is 23.8 Å². The van der Waals surface area contributed by atoms with E-state index in [1.807, 2.05) is 13.8 Å². The minimum atomic E-state index is -3.74. The van der Waals surface area contributed by atoms with E-state index in [1.165, 1.54) is 12.1 Å². The molecule has 4 nitrogen and oxygen atoms in total. The van der Waals surface area contributed by atoms with Gasteiger partial charge in [0.25, 0.3) is 0 Å². The Balaban J connectivity index is 0.00000361. The number of rotatable bonds is 6. The van der Waals surface area contributed by atoms with Crippen LogP contribution in [0.1, 0.15) is 32.3 Å².